The van der Waals surface area contributed by atoms with Crippen molar-refractivity contribution >= 4 is 10.0 Å². The van der Waals surface area contributed by atoms with Crippen LogP contribution in [0, 0.1) is 20.8 Å². The van der Waals surface area contributed by atoms with Crippen LogP contribution in [0.5, 0.6) is 0 Å². The lowest BCUT2D eigenvalue weighted by Gasteiger charge is -2.19. The topological polar surface area (TPSA) is 76.3 Å². The van der Waals surface area contributed by atoms with Gasteiger partial charge in [0.05, 0.1) is 11.4 Å². The SMILES string of the molecule is Cc1cc(C)c(S(=O)(=O)N(C)Cc2nnc(-c3ccccc3)o2)c(C)c1. The first-order chi connectivity index (χ1) is 12.3. The molecule has 0 fully saturated rings. The maximum atomic E-state index is 13.0. The Morgan fingerprint density at radius 2 is 1.62 bits per heavy atom. The van der Waals surface area contributed by atoms with Crippen LogP contribution >= 0.6 is 0 Å². The minimum Gasteiger partial charge on any atom is -0.419 e. The van der Waals surface area contributed by atoms with E-state index in [0.29, 0.717) is 10.8 Å². The summed E-state index contributed by atoms with van der Waals surface area (Å²) in [6.45, 7) is 5.57. The first-order valence-electron chi connectivity index (χ1n) is 8.21. The molecule has 0 aliphatic carbocycles. The molecule has 0 N–H and O–H groups in total. The molecule has 0 unspecified atom stereocenters. The lowest BCUT2D eigenvalue weighted by molar-refractivity contribution is 0.399. The van der Waals surface area contributed by atoms with Gasteiger partial charge in [0.2, 0.25) is 21.8 Å². The first-order valence-corrected chi connectivity index (χ1v) is 9.65. The van der Waals surface area contributed by atoms with Crippen LogP contribution in [-0.4, -0.2) is 30.0 Å². The van der Waals surface area contributed by atoms with Crippen molar-refractivity contribution in [2.75, 3.05) is 7.05 Å². The average Bonchev–Trinajstić information content (AvgIpc) is 3.03. The van der Waals surface area contributed by atoms with E-state index in [4.69, 9.17) is 4.42 Å². The van der Waals surface area contributed by atoms with E-state index in [1.165, 1.54) is 11.4 Å². The molecule has 136 valence electrons. The number of hydrogen-bond donors (Lipinski definition) is 0. The van der Waals surface area contributed by atoms with E-state index in [2.05, 4.69) is 10.2 Å². The van der Waals surface area contributed by atoms with Gasteiger partial charge in [-0.15, -0.1) is 10.2 Å². The van der Waals surface area contributed by atoms with Gasteiger partial charge >= 0.3 is 0 Å². The Bertz CT molecular complexity index is 1000. The van der Waals surface area contributed by atoms with Gasteiger partial charge in [-0.3, -0.25) is 0 Å². The second-order valence-corrected chi connectivity index (χ2v) is 8.34. The molecule has 0 saturated heterocycles. The zero-order chi connectivity index (χ0) is 18.9. The molecule has 0 bridgehead atoms. The molecular formula is C19H21N3O3S. The third kappa shape index (κ3) is 3.54. The molecule has 0 amide bonds. The van der Waals surface area contributed by atoms with E-state index in [1.807, 2.05) is 49.4 Å². The third-order valence-corrected chi connectivity index (χ3v) is 6.23. The summed E-state index contributed by atoms with van der Waals surface area (Å²) in [5, 5.41) is 7.98. The number of aryl methyl sites for hydroxylation is 3. The largest absolute Gasteiger partial charge is 0.419 e. The quantitative estimate of drug-likeness (QED) is 0.686. The van der Waals surface area contributed by atoms with Crippen LogP contribution in [-0.2, 0) is 16.6 Å². The molecule has 3 rings (SSSR count). The summed E-state index contributed by atoms with van der Waals surface area (Å²) < 4.78 is 32.9. The Hall–Kier alpha value is -2.51. The van der Waals surface area contributed by atoms with E-state index >= 15 is 0 Å². The van der Waals surface area contributed by atoms with E-state index in [0.717, 1.165) is 22.3 Å². The summed E-state index contributed by atoms with van der Waals surface area (Å²) in [4.78, 5) is 0.327. The van der Waals surface area contributed by atoms with Crippen LogP contribution in [0.1, 0.15) is 22.6 Å². The fraction of sp³-hybridized carbons (Fsp3) is 0.263. The average molecular weight is 371 g/mol. The highest BCUT2D eigenvalue weighted by molar-refractivity contribution is 7.89. The van der Waals surface area contributed by atoms with Crippen molar-refractivity contribution in [3.8, 4) is 11.5 Å². The van der Waals surface area contributed by atoms with Crippen molar-refractivity contribution < 1.29 is 12.8 Å². The van der Waals surface area contributed by atoms with Gasteiger partial charge in [0, 0.05) is 12.6 Å². The van der Waals surface area contributed by atoms with Crippen LogP contribution in [0.3, 0.4) is 0 Å². The van der Waals surface area contributed by atoms with E-state index in [9.17, 15) is 8.42 Å². The standard InChI is InChI=1S/C19H21N3O3S/c1-13-10-14(2)18(15(3)11-13)26(23,24)22(4)12-17-20-21-19(25-17)16-8-6-5-7-9-16/h5-11H,12H2,1-4H3. The molecule has 1 heterocycles. The molecule has 0 saturated carbocycles. The molecule has 0 atom stereocenters. The highest BCUT2D eigenvalue weighted by Crippen LogP contribution is 2.26. The van der Waals surface area contributed by atoms with E-state index < -0.39 is 10.0 Å². The molecule has 7 heteroatoms. The first kappa shape index (κ1) is 18.3. The van der Waals surface area contributed by atoms with Gasteiger partial charge in [0.25, 0.3) is 0 Å². The number of nitrogens with zero attached hydrogens (tertiary/aromatic N) is 3. The van der Waals surface area contributed by atoms with E-state index in [-0.39, 0.29) is 12.4 Å². The highest BCUT2D eigenvalue weighted by Gasteiger charge is 2.26. The molecule has 2 aromatic carbocycles. The van der Waals surface area contributed by atoms with Crippen molar-refractivity contribution in [1.29, 1.82) is 0 Å². The molecule has 0 aliphatic rings. The van der Waals surface area contributed by atoms with Crippen LogP contribution in [0.2, 0.25) is 0 Å². The maximum Gasteiger partial charge on any atom is 0.247 e. The Kier molecular flexibility index (Phi) is 4.93. The Labute approximate surface area is 153 Å². The van der Waals surface area contributed by atoms with Gasteiger partial charge in [0.1, 0.15) is 0 Å². The molecule has 0 aliphatic heterocycles. The molecule has 1 aromatic heterocycles. The second kappa shape index (κ2) is 7.01. The Balaban J connectivity index is 1.86. The molecule has 3 aromatic rings. The van der Waals surface area contributed by atoms with Crippen molar-refractivity contribution in [2.24, 2.45) is 0 Å². The minimum absolute atomic E-state index is 0.00885. The lowest BCUT2D eigenvalue weighted by atomic mass is 10.1. The predicted octanol–water partition coefficient (Wildman–Crippen LogP) is 3.48. The normalized spacial score (nSPS) is 11.9. The van der Waals surface area contributed by atoms with Crippen molar-refractivity contribution in [3.63, 3.8) is 0 Å². The summed E-state index contributed by atoms with van der Waals surface area (Å²) in [7, 11) is -2.15. The van der Waals surface area contributed by atoms with Gasteiger partial charge in [-0.25, -0.2) is 8.42 Å². The van der Waals surface area contributed by atoms with Crippen molar-refractivity contribution in [2.45, 2.75) is 32.2 Å². The van der Waals surface area contributed by atoms with Crippen molar-refractivity contribution in [1.82, 2.24) is 14.5 Å². The summed E-state index contributed by atoms with van der Waals surface area (Å²) in [6, 6.07) is 13.1. The van der Waals surface area contributed by atoms with Gasteiger partial charge in [-0.05, 0) is 44.0 Å². The highest BCUT2D eigenvalue weighted by atomic mass is 32.2. The fourth-order valence-corrected chi connectivity index (χ4v) is 4.54. The lowest BCUT2D eigenvalue weighted by Crippen LogP contribution is -2.28. The van der Waals surface area contributed by atoms with Crippen LogP contribution in [0.25, 0.3) is 11.5 Å². The molecular weight excluding hydrogens is 350 g/mol. The molecule has 26 heavy (non-hydrogen) atoms. The molecule has 6 nitrogen and oxygen atoms in total. The Morgan fingerprint density at radius 3 is 2.23 bits per heavy atom. The molecule has 0 spiro atoms. The minimum atomic E-state index is -3.67. The molecule has 0 radical (unpaired) electrons. The second-order valence-electron chi connectivity index (χ2n) is 6.36. The van der Waals surface area contributed by atoms with Crippen LogP contribution in [0.15, 0.2) is 51.8 Å². The summed E-state index contributed by atoms with van der Waals surface area (Å²) in [6.07, 6.45) is 0. The number of aromatic nitrogens is 2. The number of rotatable bonds is 5. The number of hydrogen-bond acceptors (Lipinski definition) is 5. The summed E-state index contributed by atoms with van der Waals surface area (Å²) >= 11 is 0. The zero-order valence-corrected chi connectivity index (χ0v) is 16.0. The fourth-order valence-electron chi connectivity index (χ4n) is 3.02. The van der Waals surface area contributed by atoms with Gasteiger partial charge < -0.3 is 4.42 Å². The van der Waals surface area contributed by atoms with Gasteiger partial charge in [-0.2, -0.15) is 4.31 Å². The summed E-state index contributed by atoms with van der Waals surface area (Å²) in [5.41, 5.74) is 3.28. The third-order valence-electron chi connectivity index (χ3n) is 4.12. The van der Waals surface area contributed by atoms with Crippen molar-refractivity contribution in [3.05, 3.63) is 65.0 Å². The predicted molar refractivity (Wildman–Crippen MR) is 99.0 cm³/mol. The maximum absolute atomic E-state index is 13.0. The van der Waals surface area contributed by atoms with Crippen LogP contribution < -0.4 is 0 Å². The van der Waals surface area contributed by atoms with Gasteiger partial charge in [-0.1, -0.05) is 35.9 Å². The number of benzene rings is 2. The smallest absolute Gasteiger partial charge is 0.247 e. The van der Waals surface area contributed by atoms with E-state index in [1.54, 1.807) is 13.8 Å². The van der Waals surface area contributed by atoms with Crippen LogP contribution in [0.4, 0.5) is 0 Å². The van der Waals surface area contributed by atoms with Gasteiger partial charge in [0.15, 0.2) is 0 Å². The number of sulfonamides is 1. The monoisotopic (exact) mass is 371 g/mol. The Morgan fingerprint density at radius 1 is 1.00 bits per heavy atom. The summed E-state index contributed by atoms with van der Waals surface area (Å²) in [5.74, 6) is 0.617. The zero-order valence-electron chi connectivity index (χ0n) is 15.2.